The molecule has 5 rings (SSSR count). The molecule has 3 aromatic rings. The highest BCUT2D eigenvalue weighted by molar-refractivity contribution is 6.03. The SMILES string of the molecule is COC(=O)C1(Cc2ccc3nc([C@@H](NC(=O)OCc4ccccc4)C4CCC(C)CC4)cn3n2)CC(C)CNC1=O. The number of piperidine rings is 1. The zero-order valence-corrected chi connectivity index (χ0v) is 24.0. The molecule has 218 valence electrons. The Hall–Kier alpha value is -3.95. The summed E-state index contributed by atoms with van der Waals surface area (Å²) in [5, 5.41) is 10.7. The van der Waals surface area contributed by atoms with Gasteiger partial charge < -0.3 is 20.1 Å². The Morgan fingerprint density at radius 1 is 1.10 bits per heavy atom. The summed E-state index contributed by atoms with van der Waals surface area (Å²) in [6, 6.07) is 12.9. The quantitative estimate of drug-likeness (QED) is 0.309. The second-order valence-corrected chi connectivity index (χ2v) is 11.8. The van der Waals surface area contributed by atoms with E-state index < -0.39 is 17.5 Å². The molecule has 2 N–H and O–H groups in total. The molecule has 1 saturated heterocycles. The number of alkyl carbamates (subject to hydrolysis) is 1. The van der Waals surface area contributed by atoms with Crippen LogP contribution in [0, 0.1) is 23.2 Å². The number of aromatic nitrogens is 3. The fraction of sp³-hybridized carbons (Fsp3) is 0.516. The van der Waals surface area contributed by atoms with Gasteiger partial charge in [-0.3, -0.25) is 9.59 Å². The van der Waals surface area contributed by atoms with Gasteiger partial charge in [-0.2, -0.15) is 5.10 Å². The Morgan fingerprint density at radius 2 is 1.85 bits per heavy atom. The van der Waals surface area contributed by atoms with Crippen LogP contribution in [0.1, 0.15) is 68.9 Å². The van der Waals surface area contributed by atoms with Gasteiger partial charge >= 0.3 is 12.1 Å². The van der Waals surface area contributed by atoms with Crippen LogP contribution >= 0.6 is 0 Å². The van der Waals surface area contributed by atoms with Crippen LogP contribution in [-0.2, 0) is 32.1 Å². The second kappa shape index (κ2) is 12.3. The summed E-state index contributed by atoms with van der Waals surface area (Å²) in [7, 11) is 1.30. The van der Waals surface area contributed by atoms with Crippen LogP contribution in [0.25, 0.3) is 5.65 Å². The maximum absolute atomic E-state index is 13.0. The average molecular weight is 562 g/mol. The van der Waals surface area contributed by atoms with Crippen LogP contribution in [0.2, 0.25) is 0 Å². The van der Waals surface area contributed by atoms with Crippen molar-refractivity contribution in [1.82, 2.24) is 25.2 Å². The van der Waals surface area contributed by atoms with Gasteiger partial charge in [0.25, 0.3) is 0 Å². The summed E-state index contributed by atoms with van der Waals surface area (Å²) in [6.07, 6.45) is 5.99. The van der Waals surface area contributed by atoms with Crippen molar-refractivity contribution in [2.24, 2.45) is 23.2 Å². The molecule has 0 bridgehead atoms. The first-order valence-corrected chi connectivity index (χ1v) is 14.5. The number of carbonyl (C=O) groups is 3. The summed E-state index contributed by atoms with van der Waals surface area (Å²) in [4.78, 5) is 43.6. The average Bonchev–Trinajstić information content (AvgIpc) is 3.40. The number of esters is 1. The van der Waals surface area contributed by atoms with Crippen molar-refractivity contribution >= 4 is 23.6 Å². The monoisotopic (exact) mass is 561 g/mol. The van der Waals surface area contributed by atoms with Gasteiger partial charge in [-0.05, 0) is 54.7 Å². The number of rotatable bonds is 8. The van der Waals surface area contributed by atoms with Crippen molar-refractivity contribution in [3.8, 4) is 0 Å². The molecule has 2 aromatic heterocycles. The van der Waals surface area contributed by atoms with Crippen LogP contribution in [0.3, 0.4) is 0 Å². The number of ether oxygens (including phenoxy) is 2. The fourth-order valence-corrected chi connectivity index (χ4v) is 6.23. The number of benzene rings is 1. The van der Waals surface area contributed by atoms with Gasteiger partial charge in [-0.1, -0.05) is 57.0 Å². The third-order valence-electron chi connectivity index (χ3n) is 8.53. The Labute approximate surface area is 240 Å². The summed E-state index contributed by atoms with van der Waals surface area (Å²) >= 11 is 0. The molecule has 2 aliphatic rings. The van der Waals surface area contributed by atoms with E-state index in [1.165, 1.54) is 7.11 Å². The molecule has 1 aliphatic heterocycles. The highest BCUT2D eigenvalue weighted by Crippen LogP contribution is 2.37. The molecule has 1 aliphatic carbocycles. The van der Waals surface area contributed by atoms with Crippen molar-refractivity contribution < 1.29 is 23.9 Å². The third kappa shape index (κ3) is 6.36. The number of hydrogen-bond acceptors (Lipinski definition) is 7. The van der Waals surface area contributed by atoms with E-state index in [9.17, 15) is 14.4 Å². The number of carbonyl (C=O) groups excluding carboxylic acids is 3. The highest BCUT2D eigenvalue weighted by Gasteiger charge is 2.50. The lowest BCUT2D eigenvalue weighted by atomic mass is 9.72. The normalized spacial score (nSPS) is 25.2. The molecule has 2 amide bonds. The van der Waals surface area contributed by atoms with Crippen LogP contribution in [0.4, 0.5) is 4.79 Å². The maximum atomic E-state index is 13.0. The highest BCUT2D eigenvalue weighted by atomic mass is 16.5. The minimum atomic E-state index is -1.33. The summed E-state index contributed by atoms with van der Waals surface area (Å²) in [6.45, 7) is 4.97. The fourth-order valence-electron chi connectivity index (χ4n) is 6.23. The van der Waals surface area contributed by atoms with Crippen molar-refractivity contribution in [2.45, 2.75) is 65.0 Å². The van der Waals surface area contributed by atoms with E-state index in [-0.39, 0.29) is 36.8 Å². The third-order valence-corrected chi connectivity index (χ3v) is 8.53. The zero-order valence-electron chi connectivity index (χ0n) is 24.0. The Kier molecular flexibility index (Phi) is 8.56. The summed E-state index contributed by atoms with van der Waals surface area (Å²) in [5.41, 5.74) is 1.49. The van der Waals surface area contributed by atoms with Gasteiger partial charge in [0.2, 0.25) is 5.91 Å². The molecule has 1 saturated carbocycles. The Bertz CT molecular complexity index is 1370. The summed E-state index contributed by atoms with van der Waals surface area (Å²) in [5.74, 6) is 0.112. The lowest BCUT2D eigenvalue weighted by Gasteiger charge is -2.36. The van der Waals surface area contributed by atoms with Crippen molar-refractivity contribution in [2.75, 3.05) is 13.7 Å². The number of imidazole rings is 1. The van der Waals surface area contributed by atoms with E-state index in [4.69, 9.17) is 19.6 Å². The van der Waals surface area contributed by atoms with Gasteiger partial charge in [-0.25, -0.2) is 14.3 Å². The van der Waals surface area contributed by atoms with Crippen LogP contribution < -0.4 is 10.6 Å². The number of nitrogens with zero attached hydrogens (tertiary/aromatic N) is 3. The molecule has 3 atom stereocenters. The van der Waals surface area contributed by atoms with Gasteiger partial charge in [0.1, 0.15) is 6.61 Å². The minimum absolute atomic E-state index is 0.118. The van der Waals surface area contributed by atoms with Crippen LogP contribution in [-0.4, -0.2) is 46.2 Å². The molecular weight excluding hydrogens is 522 g/mol. The number of hydrogen-bond donors (Lipinski definition) is 2. The number of methoxy groups -OCH3 is 1. The van der Waals surface area contributed by atoms with Gasteiger partial charge in [0.05, 0.1) is 30.7 Å². The lowest BCUT2D eigenvalue weighted by Crippen LogP contribution is -2.55. The van der Waals surface area contributed by atoms with E-state index >= 15 is 0 Å². The van der Waals surface area contributed by atoms with Crippen molar-refractivity contribution in [3.63, 3.8) is 0 Å². The predicted molar refractivity (Wildman–Crippen MR) is 152 cm³/mol. The summed E-state index contributed by atoms with van der Waals surface area (Å²) < 4.78 is 12.3. The molecule has 3 heterocycles. The van der Waals surface area contributed by atoms with E-state index in [0.29, 0.717) is 35.9 Å². The molecule has 41 heavy (non-hydrogen) atoms. The zero-order chi connectivity index (χ0) is 29.0. The van der Waals surface area contributed by atoms with Crippen molar-refractivity contribution in [1.29, 1.82) is 0 Å². The maximum Gasteiger partial charge on any atom is 0.408 e. The second-order valence-electron chi connectivity index (χ2n) is 11.8. The van der Waals surface area contributed by atoms with E-state index in [1.54, 1.807) is 10.6 Å². The molecule has 10 heteroatoms. The standard InChI is InChI=1S/C31H39N5O5/c1-20-9-11-23(12-10-20)27(34-30(39)41-19-22-7-5-4-6-8-22)25-18-36-26(33-25)14-13-24(35-36)16-31(29(38)40-3)15-21(2)17-32-28(31)37/h4-8,13-14,18,20-21,23,27H,9-12,15-17,19H2,1-3H3,(H,32,37)(H,34,39)/t20?,21?,23?,27-,31?/m0/s1. The molecule has 2 unspecified atom stereocenters. The molecular formula is C31H39N5O5. The molecule has 0 radical (unpaired) electrons. The number of nitrogens with one attached hydrogen (secondary N) is 2. The van der Waals surface area contributed by atoms with Crippen molar-refractivity contribution in [3.05, 3.63) is 65.6 Å². The topological polar surface area (TPSA) is 124 Å². The molecule has 0 spiro atoms. The van der Waals surface area contributed by atoms with Crippen LogP contribution in [0.5, 0.6) is 0 Å². The molecule has 10 nitrogen and oxygen atoms in total. The van der Waals surface area contributed by atoms with E-state index in [1.807, 2.05) is 49.5 Å². The van der Waals surface area contributed by atoms with Gasteiger partial charge in [0.15, 0.2) is 11.1 Å². The first-order chi connectivity index (χ1) is 19.8. The lowest BCUT2D eigenvalue weighted by molar-refractivity contribution is -0.162. The largest absolute Gasteiger partial charge is 0.468 e. The molecule has 1 aromatic carbocycles. The van der Waals surface area contributed by atoms with E-state index in [2.05, 4.69) is 17.6 Å². The van der Waals surface area contributed by atoms with Crippen LogP contribution in [0.15, 0.2) is 48.7 Å². The number of amides is 2. The van der Waals surface area contributed by atoms with Gasteiger partial charge in [0, 0.05) is 13.0 Å². The minimum Gasteiger partial charge on any atom is -0.468 e. The van der Waals surface area contributed by atoms with Gasteiger partial charge in [-0.15, -0.1) is 0 Å². The predicted octanol–water partition coefficient (Wildman–Crippen LogP) is 4.38. The first kappa shape index (κ1) is 28.6. The Morgan fingerprint density at radius 3 is 2.59 bits per heavy atom. The number of fused-ring (bicyclic) bond motifs is 1. The van der Waals surface area contributed by atoms with E-state index in [0.717, 1.165) is 31.2 Å². The smallest absolute Gasteiger partial charge is 0.408 e. The Balaban J connectivity index is 1.38. The molecule has 2 fully saturated rings. The first-order valence-electron chi connectivity index (χ1n) is 14.5.